The van der Waals surface area contributed by atoms with Crippen LogP contribution >= 0.6 is 0 Å². The molecule has 0 aromatic rings. The molecule has 3 rings (SSSR count). The lowest BCUT2D eigenvalue weighted by atomic mass is 10.1. The summed E-state index contributed by atoms with van der Waals surface area (Å²) in [5.74, 6) is 1.16. The van der Waals surface area contributed by atoms with Crippen LogP contribution in [0.1, 0.15) is 12.8 Å². The lowest BCUT2D eigenvalue weighted by molar-refractivity contribution is 0.185. The standard InChI is InChI=1S/C11H18N4/c1-2-10(8-12-3-1)15-7-6-14-5-4-13-11(14)9-15/h4,9-10,12H,1-3,5-8H2/t10-/m1/s1. The summed E-state index contributed by atoms with van der Waals surface area (Å²) in [6, 6.07) is 0.684. The van der Waals surface area contributed by atoms with Gasteiger partial charge in [0.1, 0.15) is 5.82 Å². The maximum Gasteiger partial charge on any atom is 0.144 e. The Morgan fingerprint density at radius 2 is 2.40 bits per heavy atom. The second kappa shape index (κ2) is 3.85. The zero-order chi connectivity index (χ0) is 10.1. The van der Waals surface area contributed by atoms with Gasteiger partial charge in [0, 0.05) is 38.1 Å². The maximum atomic E-state index is 4.40. The van der Waals surface area contributed by atoms with E-state index in [0.717, 1.165) is 32.0 Å². The van der Waals surface area contributed by atoms with Gasteiger partial charge in [-0.1, -0.05) is 0 Å². The van der Waals surface area contributed by atoms with Crippen molar-refractivity contribution in [1.82, 2.24) is 15.1 Å². The first-order valence-corrected chi connectivity index (χ1v) is 5.89. The molecule has 82 valence electrons. The van der Waals surface area contributed by atoms with Gasteiger partial charge in [0.25, 0.3) is 0 Å². The van der Waals surface area contributed by atoms with Crippen molar-refractivity contribution in [2.24, 2.45) is 4.99 Å². The number of hydrogen-bond donors (Lipinski definition) is 1. The van der Waals surface area contributed by atoms with Crippen LogP contribution in [-0.4, -0.2) is 54.8 Å². The molecular weight excluding hydrogens is 188 g/mol. The van der Waals surface area contributed by atoms with E-state index in [4.69, 9.17) is 0 Å². The molecule has 0 saturated carbocycles. The van der Waals surface area contributed by atoms with Crippen molar-refractivity contribution in [3.63, 3.8) is 0 Å². The Morgan fingerprint density at radius 3 is 3.27 bits per heavy atom. The maximum absolute atomic E-state index is 4.40. The molecular formula is C11H18N4. The van der Waals surface area contributed by atoms with E-state index < -0.39 is 0 Å². The first-order chi connectivity index (χ1) is 7.43. The van der Waals surface area contributed by atoms with E-state index in [1.807, 2.05) is 6.21 Å². The molecule has 4 heteroatoms. The summed E-state index contributed by atoms with van der Waals surface area (Å²) >= 11 is 0. The Balaban J connectivity index is 1.71. The smallest absolute Gasteiger partial charge is 0.144 e. The number of rotatable bonds is 1. The monoisotopic (exact) mass is 206 g/mol. The molecule has 0 aromatic heterocycles. The first kappa shape index (κ1) is 9.21. The largest absolute Gasteiger partial charge is 0.368 e. The fraction of sp³-hybridized carbons (Fsp3) is 0.727. The van der Waals surface area contributed by atoms with Crippen molar-refractivity contribution >= 4 is 6.21 Å². The van der Waals surface area contributed by atoms with E-state index in [1.54, 1.807) is 0 Å². The van der Waals surface area contributed by atoms with Gasteiger partial charge in [0.15, 0.2) is 0 Å². The van der Waals surface area contributed by atoms with Crippen LogP contribution < -0.4 is 5.32 Å². The predicted molar refractivity (Wildman–Crippen MR) is 60.7 cm³/mol. The minimum absolute atomic E-state index is 0.684. The van der Waals surface area contributed by atoms with Gasteiger partial charge in [0.2, 0.25) is 0 Å². The number of hydrogen-bond acceptors (Lipinski definition) is 4. The van der Waals surface area contributed by atoms with Gasteiger partial charge >= 0.3 is 0 Å². The molecule has 1 N–H and O–H groups in total. The van der Waals surface area contributed by atoms with Gasteiger partial charge in [0.05, 0.1) is 6.54 Å². The van der Waals surface area contributed by atoms with E-state index in [9.17, 15) is 0 Å². The lowest BCUT2D eigenvalue weighted by Gasteiger charge is -2.38. The number of nitrogens with one attached hydrogen (secondary N) is 1. The molecule has 3 aliphatic rings. The third-order valence-electron chi connectivity index (χ3n) is 3.50. The van der Waals surface area contributed by atoms with Crippen molar-refractivity contribution in [2.75, 3.05) is 32.7 Å². The minimum Gasteiger partial charge on any atom is -0.368 e. The van der Waals surface area contributed by atoms with Crippen LogP contribution in [0.5, 0.6) is 0 Å². The van der Waals surface area contributed by atoms with E-state index in [2.05, 4.69) is 26.3 Å². The topological polar surface area (TPSA) is 30.9 Å². The summed E-state index contributed by atoms with van der Waals surface area (Å²) in [6.07, 6.45) is 6.87. The molecule has 0 spiro atoms. The summed E-state index contributed by atoms with van der Waals surface area (Å²) < 4.78 is 0. The second-order valence-corrected chi connectivity index (χ2v) is 4.48. The molecule has 15 heavy (non-hydrogen) atoms. The van der Waals surface area contributed by atoms with Gasteiger partial charge in [-0.15, -0.1) is 0 Å². The third kappa shape index (κ3) is 1.74. The van der Waals surface area contributed by atoms with Crippen LogP contribution in [0.4, 0.5) is 0 Å². The number of piperidine rings is 1. The van der Waals surface area contributed by atoms with E-state index in [1.165, 1.54) is 19.4 Å². The minimum atomic E-state index is 0.684. The van der Waals surface area contributed by atoms with Crippen molar-refractivity contribution in [1.29, 1.82) is 0 Å². The molecule has 1 saturated heterocycles. The van der Waals surface area contributed by atoms with E-state index >= 15 is 0 Å². The highest BCUT2D eigenvalue weighted by Crippen LogP contribution is 2.20. The van der Waals surface area contributed by atoms with Crippen LogP contribution in [0.3, 0.4) is 0 Å². The molecule has 1 atom stereocenters. The van der Waals surface area contributed by atoms with Gasteiger partial charge in [-0.25, -0.2) is 4.99 Å². The molecule has 0 amide bonds. The van der Waals surface area contributed by atoms with Gasteiger partial charge in [-0.2, -0.15) is 0 Å². The summed E-state index contributed by atoms with van der Waals surface area (Å²) in [6.45, 7) is 5.60. The van der Waals surface area contributed by atoms with E-state index in [0.29, 0.717) is 6.04 Å². The Bertz CT molecular complexity index is 291. The Labute approximate surface area is 90.6 Å². The predicted octanol–water partition coefficient (Wildman–Crippen LogP) is 0.239. The Hall–Kier alpha value is -1.03. The van der Waals surface area contributed by atoms with Gasteiger partial charge < -0.3 is 15.1 Å². The molecule has 3 heterocycles. The summed E-state index contributed by atoms with van der Waals surface area (Å²) in [5.41, 5.74) is 0. The number of fused-ring (bicyclic) bond motifs is 1. The average molecular weight is 206 g/mol. The van der Waals surface area contributed by atoms with Crippen LogP contribution in [0, 0.1) is 0 Å². The highest BCUT2D eigenvalue weighted by Gasteiger charge is 2.25. The zero-order valence-corrected chi connectivity index (χ0v) is 9.02. The molecule has 0 aliphatic carbocycles. The van der Waals surface area contributed by atoms with Crippen molar-refractivity contribution in [3.05, 3.63) is 12.0 Å². The van der Waals surface area contributed by atoms with Crippen LogP contribution in [-0.2, 0) is 0 Å². The molecule has 3 aliphatic heterocycles. The lowest BCUT2D eigenvalue weighted by Crippen LogP contribution is -2.48. The van der Waals surface area contributed by atoms with Crippen LogP contribution in [0.15, 0.2) is 17.0 Å². The number of aliphatic imine (C=N–C) groups is 1. The highest BCUT2D eigenvalue weighted by atomic mass is 15.3. The van der Waals surface area contributed by atoms with Crippen molar-refractivity contribution in [2.45, 2.75) is 18.9 Å². The highest BCUT2D eigenvalue weighted by molar-refractivity contribution is 5.64. The van der Waals surface area contributed by atoms with Crippen molar-refractivity contribution in [3.8, 4) is 0 Å². The Kier molecular flexibility index (Phi) is 2.37. The first-order valence-electron chi connectivity index (χ1n) is 5.89. The fourth-order valence-electron chi connectivity index (χ4n) is 2.58. The van der Waals surface area contributed by atoms with Gasteiger partial charge in [-0.05, 0) is 19.4 Å². The van der Waals surface area contributed by atoms with Crippen molar-refractivity contribution < 1.29 is 0 Å². The molecule has 4 nitrogen and oxygen atoms in total. The summed E-state index contributed by atoms with van der Waals surface area (Å²) in [7, 11) is 0. The SMILES string of the molecule is C1=NC2=CN([C@@H]3CCCNC3)CCN2C1. The second-order valence-electron chi connectivity index (χ2n) is 4.48. The fourth-order valence-corrected chi connectivity index (χ4v) is 2.58. The molecule has 0 unspecified atom stereocenters. The van der Waals surface area contributed by atoms with Crippen LogP contribution in [0.25, 0.3) is 0 Å². The summed E-state index contributed by atoms with van der Waals surface area (Å²) in [4.78, 5) is 9.22. The number of nitrogens with zero attached hydrogens (tertiary/aromatic N) is 3. The molecule has 1 fully saturated rings. The molecule has 0 radical (unpaired) electrons. The van der Waals surface area contributed by atoms with E-state index in [-0.39, 0.29) is 0 Å². The third-order valence-corrected chi connectivity index (χ3v) is 3.50. The average Bonchev–Trinajstić information content (AvgIpc) is 2.77. The Morgan fingerprint density at radius 1 is 1.40 bits per heavy atom. The normalized spacial score (nSPS) is 30.4. The quantitative estimate of drug-likeness (QED) is 0.667. The van der Waals surface area contributed by atoms with Gasteiger partial charge in [-0.3, -0.25) is 0 Å². The molecule has 0 aromatic carbocycles. The summed E-state index contributed by atoms with van der Waals surface area (Å²) in [5, 5.41) is 3.47. The molecule has 0 bridgehead atoms. The zero-order valence-electron chi connectivity index (χ0n) is 9.02. The van der Waals surface area contributed by atoms with Crippen LogP contribution in [0.2, 0.25) is 0 Å².